The van der Waals surface area contributed by atoms with Gasteiger partial charge >= 0.3 is 0 Å². The first-order valence-corrected chi connectivity index (χ1v) is 7.02. The first kappa shape index (κ1) is 16.0. The summed E-state index contributed by atoms with van der Waals surface area (Å²) in [6, 6.07) is 2.96. The zero-order valence-corrected chi connectivity index (χ0v) is 13.1. The Kier molecular flexibility index (Phi) is 5.05. The van der Waals surface area contributed by atoms with Crippen LogP contribution in [0.25, 0.3) is 0 Å². The standard InChI is InChI=1S/C12H11Cl3N4O2/c1-6(20)10-4-19(18-17-10)5-11(21)16-12-8(14)2-7(13)3-9(12)15/h2-4,6,20H,5H2,1H3,(H,16,21). The van der Waals surface area contributed by atoms with E-state index in [0.29, 0.717) is 10.7 Å². The number of hydrogen-bond acceptors (Lipinski definition) is 4. The second-order valence-electron chi connectivity index (χ2n) is 4.31. The fourth-order valence-electron chi connectivity index (χ4n) is 1.57. The van der Waals surface area contributed by atoms with Gasteiger partial charge in [0.25, 0.3) is 0 Å². The number of anilines is 1. The van der Waals surface area contributed by atoms with E-state index in [9.17, 15) is 9.90 Å². The second-order valence-corrected chi connectivity index (χ2v) is 5.56. The number of amides is 1. The molecule has 1 atom stereocenters. The molecular weight excluding hydrogens is 339 g/mol. The summed E-state index contributed by atoms with van der Waals surface area (Å²) in [5.41, 5.74) is 0.661. The first-order valence-electron chi connectivity index (χ1n) is 5.89. The number of aliphatic hydroxyl groups is 1. The van der Waals surface area contributed by atoms with E-state index in [-0.39, 0.29) is 28.2 Å². The lowest BCUT2D eigenvalue weighted by atomic mass is 10.3. The zero-order chi connectivity index (χ0) is 15.6. The van der Waals surface area contributed by atoms with Crippen molar-refractivity contribution in [1.29, 1.82) is 0 Å². The number of aromatic nitrogens is 3. The topological polar surface area (TPSA) is 80.0 Å². The molecule has 0 fully saturated rings. The Morgan fingerprint density at radius 1 is 1.38 bits per heavy atom. The van der Waals surface area contributed by atoms with Gasteiger partial charge in [-0.05, 0) is 19.1 Å². The van der Waals surface area contributed by atoms with Crippen molar-refractivity contribution >= 4 is 46.4 Å². The Labute approximate surface area is 135 Å². The van der Waals surface area contributed by atoms with Crippen molar-refractivity contribution in [2.45, 2.75) is 19.6 Å². The van der Waals surface area contributed by atoms with Gasteiger partial charge in [-0.15, -0.1) is 5.10 Å². The van der Waals surface area contributed by atoms with Crippen LogP contribution >= 0.6 is 34.8 Å². The van der Waals surface area contributed by atoms with Crippen LogP contribution in [0.3, 0.4) is 0 Å². The summed E-state index contributed by atoms with van der Waals surface area (Å²) in [6.07, 6.45) is 0.733. The Bertz CT molecular complexity index is 649. The van der Waals surface area contributed by atoms with Crippen molar-refractivity contribution in [2.75, 3.05) is 5.32 Å². The number of nitrogens with zero attached hydrogens (tertiary/aromatic N) is 3. The Morgan fingerprint density at radius 2 is 2.00 bits per heavy atom. The largest absolute Gasteiger partial charge is 0.387 e. The summed E-state index contributed by atoms with van der Waals surface area (Å²) in [6.45, 7) is 1.47. The van der Waals surface area contributed by atoms with E-state index >= 15 is 0 Å². The summed E-state index contributed by atoms with van der Waals surface area (Å²) in [5, 5.41) is 20.2. The van der Waals surface area contributed by atoms with Crippen molar-refractivity contribution in [3.05, 3.63) is 39.1 Å². The lowest BCUT2D eigenvalue weighted by Gasteiger charge is -2.09. The van der Waals surface area contributed by atoms with Gasteiger partial charge in [0.15, 0.2) is 0 Å². The van der Waals surface area contributed by atoms with Crippen molar-refractivity contribution < 1.29 is 9.90 Å². The fourth-order valence-corrected chi connectivity index (χ4v) is 2.48. The van der Waals surface area contributed by atoms with E-state index < -0.39 is 6.10 Å². The Morgan fingerprint density at radius 3 is 2.52 bits per heavy atom. The molecule has 0 aliphatic carbocycles. The van der Waals surface area contributed by atoms with Crippen molar-refractivity contribution in [2.24, 2.45) is 0 Å². The molecule has 2 rings (SSSR count). The average Bonchev–Trinajstić information content (AvgIpc) is 2.82. The zero-order valence-electron chi connectivity index (χ0n) is 10.8. The number of carbonyl (C=O) groups excluding carboxylic acids is 1. The second kappa shape index (κ2) is 6.62. The molecular formula is C12H11Cl3N4O2. The SMILES string of the molecule is CC(O)c1cn(CC(=O)Nc2c(Cl)cc(Cl)cc2Cl)nn1. The molecule has 1 aromatic carbocycles. The van der Waals surface area contributed by atoms with Crippen LogP contribution in [-0.4, -0.2) is 26.0 Å². The predicted molar refractivity (Wildman–Crippen MR) is 80.8 cm³/mol. The molecule has 0 saturated heterocycles. The molecule has 9 heteroatoms. The van der Waals surface area contributed by atoms with Crippen molar-refractivity contribution in [3.63, 3.8) is 0 Å². The van der Waals surface area contributed by atoms with Gasteiger partial charge in [0.05, 0.1) is 28.0 Å². The molecule has 0 aliphatic heterocycles. The highest BCUT2D eigenvalue weighted by Gasteiger charge is 2.13. The van der Waals surface area contributed by atoms with Crippen molar-refractivity contribution in [1.82, 2.24) is 15.0 Å². The molecule has 0 spiro atoms. The normalized spacial score (nSPS) is 12.2. The molecule has 0 saturated carbocycles. The highest BCUT2D eigenvalue weighted by molar-refractivity contribution is 6.42. The van der Waals surface area contributed by atoms with Crippen LogP contribution < -0.4 is 5.32 Å². The number of halogens is 3. The van der Waals surface area contributed by atoms with Crippen LogP contribution in [0.4, 0.5) is 5.69 Å². The van der Waals surface area contributed by atoms with E-state index in [1.807, 2.05) is 0 Å². The van der Waals surface area contributed by atoms with E-state index in [0.717, 1.165) is 0 Å². The first-order chi connectivity index (χ1) is 9.86. The maximum atomic E-state index is 11.9. The molecule has 1 aromatic heterocycles. The highest BCUT2D eigenvalue weighted by Crippen LogP contribution is 2.33. The number of benzene rings is 1. The van der Waals surface area contributed by atoms with Gasteiger partial charge in [-0.25, -0.2) is 4.68 Å². The third-order valence-corrected chi connectivity index (χ3v) is 3.38. The Balaban J connectivity index is 2.08. The van der Waals surface area contributed by atoms with E-state index in [4.69, 9.17) is 34.8 Å². The van der Waals surface area contributed by atoms with Crippen LogP contribution in [-0.2, 0) is 11.3 Å². The maximum absolute atomic E-state index is 11.9. The molecule has 0 radical (unpaired) electrons. The molecule has 1 unspecified atom stereocenters. The molecule has 112 valence electrons. The highest BCUT2D eigenvalue weighted by atomic mass is 35.5. The minimum atomic E-state index is -0.748. The molecule has 0 aliphatic rings. The number of aliphatic hydroxyl groups excluding tert-OH is 1. The van der Waals surface area contributed by atoms with E-state index in [1.54, 1.807) is 6.92 Å². The number of hydrogen-bond donors (Lipinski definition) is 2. The Hall–Kier alpha value is -1.34. The minimum Gasteiger partial charge on any atom is -0.387 e. The summed E-state index contributed by atoms with van der Waals surface area (Å²) < 4.78 is 1.30. The van der Waals surface area contributed by atoms with Gasteiger partial charge < -0.3 is 10.4 Å². The molecule has 0 bridgehead atoms. The summed E-state index contributed by atoms with van der Waals surface area (Å²) in [7, 11) is 0. The minimum absolute atomic E-state index is 0.0883. The van der Waals surface area contributed by atoms with Crippen LogP contribution in [0.2, 0.25) is 15.1 Å². The number of carbonyl (C=O) groups is 1. The van der Waals surface area contributed by atoms with Crippen LogP contribution in [0.15, 0.2) is 18.3 Å². The van der Waals surface area contributed by atoms with Gasteiger partial charge in [-0.3, -0.25) is 4.79 Å². The molecule has 1 heterocycles. The molecule has 2 aromatic rings. The molecule has 21 heavy (non-hydrogen) atoms. The van der Waals surface area contributed by atoms with Crippen LogP contribution in [0, 0.1) is 0 Å². The predicted octanol–water partition coefficient (Wildman–Crippen LogP) is 2.93. The van der Waals surface area contributed by atoms with E-state index in [1.165, 1.54) is 23.0 Å². The molecule has 6 nitrogen and oxygen atoms in total. The third kappa shape index (κ3) is 4.07. The van der Waals surface area contributed by atoms with Crippen molar-refractivity contribution in [3.8, 4) is 0 Å². The number of nitrogens with one attached hydrogen (secondary N) is 1. The summed E-state index contributed by atoms with van der Waals surface area (Å²) in [4.78, 5) is 11.9. The van der Waals surface area contributed by atoms with Gasteiger partial charge in [0.1, 0.15) is 12.2 Å². The van der Waals surface area contributed by atoms with Gasteiger partial charge in [-0.1, -0.05) is 40.0 Å². The monoisotopic (exact) mass is 348 g/mol. The quantitative estimate of drug-likeness (QED) is 0.889. The molecule has 1 amide bonds. The van der Waals surface area contributed by atoms with Gasteiger partial charge in [-0.2, -0.15) is 0 Å². The summed E-state index contributed by atoms with van der Waals surface area (Å²) >= 11 is 17.7. The summed E-state index contributed by atoms with van der Waals surface area (Å²) in [5.74, 6) is -0.386. The van der Waals surface area contributed by atoms with Gasteiger partial charge in [0.2, 0.25) is 5.91 Å². The van der Waals surface area contributed by atoms with E-state index in [2.05, 4.69) is 15.6 Å². The molecule has 2 N–H and O–H groups in total. The smallest absolute Gasteiger partial charge is 0.246 e. The van der Waals surface area contributed by atoms with Crippen LogP contribution in [0.5, 0.6) is 0 Å². The van der Waals surface area contributed by atoms with Crippen LogP contribution in [0.1, 0.15) is 18.7 Å². The lowest BCUT2D eigenvalue weighted by molar-refractivity contribution is -0.116. The number of rotatable bonds is 4. The van der Waals surface area contributed by atoms with Gasteiger partial charge in [0, 0.05) is 5.02 Å². The lowest BCUT2D eigenvalue weighted by Crippen LogP contribution is -2.19. The third-order valence-electron chi connectivity index (χ3n) is 2.56. The fraction of sp³-hybridized carbons (Fsp3) is 0.250. The maximum Gasteiger partial charge on any atom is 0.246 e. The average molecular weight is 350 g/mol.